The molecule has 108 valence electrons. The van der Waals surface area contributed by atoms with Gasteiger partial charge in [-0.1, -0.05) is 23.8 Å². The summed E-state index contributed by atoms with van der Waals surface area (Å²) >= 11 is 0. The predicted octanol–water partition coefficient (Wildman–Crippen LogP) is 2.56. The molecule has 0 aliphatic heterocycles. The predicted molar refractivity (Wildman–Crippen MR) is 78.0 cm³/mol. The Balaban J connectivity index is 2.47. The Kier molecular flexibility index (Phi) is 4.23. The molecule has 0 aliphatic carbocycles. The topological polar surface area (TPSA) is 68.5 Å². The van der Waals surface area contributed by atoms with Crippen LogP contribution < -0.4 is 0 Å². The van der Waals surface area contributed by atoms with Gasteiger partial charge in [0.15, 0.2) is 5.70 Å². The number of benzene rings is 1. The van der Waals surface area contributed by atoms with Crippen molar-refractivity contribution in [2.24, 2.45) is 0 Å². The zero-order valence-corrected chi connectivity index (χ0v) is 11.7. The summed E-state index contributed by atoms with van der Waals surface area (Å²) in [6, 6.07) is 10.3. The van der Waals surface area contributed by atoms with Crippen molar-refractivity contribution >= 4 is 17.4 Å². The lowest BCUT2D eigenvalue weighted by Crippen LogP contribution is -2.14. The number of ketones is 1. The first kappa shape index (κ1) is 14.6. The molecular formula is C16H15NO4. The van der Waals surface area contributed by atoms with Gasteiger partial charge in [0.2, 0.25) is 5.78 Å². The molecule has 1 heterocycles. The van der Waals surface area contributed by atoms with Gasteiger partial charge in [-0.3, -0.25) is 4.79 Å². The van der Waals surface area contributed by atoms with Gasteiger partial charge in [-0.2, -0.15) is 0 Å². The van der Waals surface area contributed by atoms with E-state index >= 15 is 0 Å². The van der Waals surface area contributed by atoms with Crippen molar-refractivity contribution in [3.63, 3.8) is 0 Å². The molecule has 0 spiro atoms. The van der Waals surface area contributed by atoms with Crippen LogP contribution in [0.3, 0.4) is 0 Å². The highest BCUT2D eigenvalue weighted by Crippen LogP contribution is 2.16. The Labute approximate surface area is 122 Å². The second-order valence-electron chi connectivity index (χ2n) is 4.51. The average Bonchev–Trinajstić information content (AvgIpc) is 2.92. The molecule has 2 aromatic rings. The highest BCUT2D eigenvalue weighted by Gasteiger charge is 2.19. The third-order valence-corrected chi connectivity index (χ3v) is 2.97. The van der Waals surface area contributed by atoms with Gasteiger partial charge in [0, 0.05) is 11.8 Å². The van der Waals surface area contributed by atoms with Crippen molar-refractivity contribution in [1.82, 2.24) is 4.57 Å². The maximum absolute atomic E-state index is 12.5. The normalized spacial score (nSPS) is 11.2. The lowest BCUT2D eigenvalue weighted by atomic mass is 10.1. The molecule has 0 unspecified atom stereocenters. The lowest BCUT2D eigenvalue weighted by Gasteiger charge is -2.09. The first-order valence-electron chi connectivity index (χ1n) is 6.30. The molecule has 0 amide bonds. The number of carbonyl (C=O) groups is 2. The number of nitrogens with zero attached hydrogens (tertiary/aromatic N) is 1. The Hall–Kier alpha value is -2.82. The minimum atomic E-state index is -1.17. The van der Waals surface area contributed by atoms with E-state index in [9.17, 15) is 14.7 Å². The Morgan fingerprint density at radius 3 is 2.62 bits per heavy atom. The monoisotopic (exact) mass is 285 g/mol. The van der Waals surface area contributed by atoms with Crippen molar-refractivity contribution in [2.45, 2.75) is 6.92 Å². The number of hydrogen-bond donors (Lipinski definition) is 1. The summed E-state index contributed by atoms with van der Waals surface area (Å²) in [6.07, 6.45) is 2.61. The molecule has 1 aromatic carbocycles. The van der Waals surface area contributed by atoms with Gasteiger partial charge < -0.3 is 14.4 Å². The van der Waals surface area contributed by atoms with Crippen molar-refractivity contribution in [3.8, 4) is 0 Å². The molecule has 1 N–H and O–H groups in total. The summed E-state index contributed by atoms with van der Waals surface area (Å²) < 4.78 is 6.08. The fourth-order valence-electron chi connectivity index (χ4n) is 2.03. The van der Waals surface area contributed by atoms with Gasteiger partial charge in [0.1, 0.15) is 6.26 Å². The van der Waals surface area contributed by atoms with Crippen molar-refractivity contribution < 1.29 is 19.4 Å². The Morgan fingerprint density at radius 1 is 1.24 bits per heavy atom. The molecule has 0 atom stereocenters. The maximum Gasteiger partial charge on any atom is 0.356 e. The summed E-state index contributed by atoms with van der Waals surface area (Å²) in [6.45, 7) is 1.89. The van der Waals surface area contributed by atoms with Crippen LogP contribution in [-0.4, -0.2) is 28.5 Å². The van der Waals surface area contributed by atoms with E-state index in [1.165, 1.54) is 17.9 Å². The van der Waals surface area contributed by atoms with E-state index in [1.54, 1.807) is 30.3 Å². The van der Waals surface area contributed by atoms with Gasteiger partial charge in [-0.25, -0.2) is 4.79 Å². The van der Waals surface area contributed by atoms with E-state index in [2.05, 4.69) is 0 Å². The average molecular weight is 285 g/mol. The number of aryl methyl sites for hydroxylation is 1. The molecule has 2 rings (SSSR count). The number of aliphatic carboxylic acids is 1. The second-order valence-corrected chi connectivity index (χ2v) is 4.51. The van der Waals surface area contributed by atoms with Gasteiger partial charge in [0.05, 0.1) is 12.8 Å². The van der Waals surface area contributed by atoms with Crippen molar-refractivity contribution in [3.05, 3.63) is 65.7 Å². The first-order chi connectivity index (χ1) is 10.0. The minimum Gasteiger partial charge on any atom is -0.502 e. The molecule has 21 heavy (non-hydrogen) atoms. The molecule has 5 heteroatoms. The smallest absolute Gasteiger partial charge is 0.356 e. The lowest BCUT2D eigenvalue weighted by molar-refractivity contribution is -0.130. The summed E-state index contributed by atoms with van der Waals surface area (Å²) in [7, 11) is 1.36. The highest BCUT2D eigenvalue weighted by atomic mass is 16.5. The number of rotatable bonds is 5. The van der Waals surface area contributed by atoms with E-state index in [0.29, 0.717) is 5.56 Å². The van der Waals surface area contributed by atoms with E-state index < -0.39 is 5.97 Å². The number of hydrogen-bond acceptors (Lipinski definition) is 3. The van der Waals surface area contributed by atoms with Crippen LogP contribution in [0.2, 0.25) is 0 Å². The number of aromatic nitrogens is 1. The largest absolute Gasteiger partial charge is 0.502 e. The number of carboxylic acids is 1. The fourth-order valence-corrected chi connectivity index (χ4v) is 2.03. The van der Waals surface area contributed by atoms with Gasteiger partial charge in [-0.05, 0) is 25.1 Å². The molecule has 0 saturated heterocycles. The van der Waals surface area contributed by atoms with E-state index in [1.807, 2.05) is 13.0 Å². The van der Waals surface area contributed by atoms with Crippen molar-refractivity contribution in [1.29, 1.82) is 0 Å². The third kappa shape index (κ3) is 3.02. The molecule has 0 radical (unpaired) electrons. The number of carboxylic acid groups (broad SMARTS) is 1. The SMILES string of the molecule is CO/C=C(\C(=O)O)n1cccc1C(=O)c1cccc(C)c1. The quantitative estimate of drug-likeness (QED) is 0.521. The van der Waals surface area contributed by atoms with Crippen LogP contribution in [0.25, 0.3) is 5.70 Å². The van der Waals surface area contributed by atoms with Crippen LogP contribution >= 0.6 is 0 Å². The molecule has 1 aromatic heterocycles. The van der Waals surface area contributed by atoms with E-state index in [0.717, 1.165) is 11.8 Å². The van der Waals surface area contributed by atoms with Gasteiger partial charge >= 0.3 is 5.97 Å². The van der Waals surface area contributed by atoms with Crippen LogP contribution in [0.4, 0.5) is 0 Å². The van der Waals surface area contributed by atoms with E-state index in [4.69, 9.17) is 4.74 Å². The second kappa shape index (κ2) is 6.09. The van der Waals surface area contributed by atoms with Gasteiger partial charge in [0.25, 0.3) is 0 Å². The zero-order valence-electron chi connectivity index (χ0n) is 11.7. The molecule has 0 aliphatic rings. The van der Waals surface area contributed by atoms with E-state index in [-0.39, 0.29) is 17.2 Å². The number of ether oxygens (including phenoxy) is 1. The van der Waals surface area contributed by atoms with Crippen LogP contribution in [-0.2, 0) is 9.53 Å². The molecule has 0 bridgehead atoms. The molecular weight excluding hydrogens is 270 g/mol. The summed E-state index contributed by atoms with van der Waals surface area (Å²) in [5, 5.41) is 9.22. The third-order valence-electron chi connectivity index (χ3n) is 2.97. The Bertz CT molecular complexity index is 713. The Morgan fingerprint density at radius 2 is 2.00 bits per heavy atom. The van der Waals surface area contributed by atoms with Crippen molar-refractivity contribution in [2.75, 3.05) is 7.11 Å². The molecule has 0 fully saturated rings. The standard InChI is InChI=1S/C16H15NO4/c1-11-5-3-6-12(9-11)15(18)13-7-4-8-17(13)14(10-21-2)16(19)20/h3-10H,1-2H3,(H,19,20)/b14-10+. The summed E-state index contributed by atoms with van der Waals surface area (Å²) in [4.78, 5) is 23.8. The van der Waals surface area contributed by atoms with Gasteiger partial charge in [-0.15, -0.1) is 0 Å². The fraction of sp³-hybridized carbons (Fsp3) is 0.125. The highest BCUT2D eigenvalue weighted by molar-refractivity contribution is 6.13. The van der Waals surface area contributed by atoms with Crippen LogP contribution in [0, 0.1) is 6.92 Å². The number of carbonyl (C=O) groups excluding carboxylic acids is 1. The summed E-state index contributed by atoms with van der Waals surface area (Å²) in [5.74, 6) is -1.42. The van der Waals surface area contributed by atoms with Crippen LogP contribution in [0.5, 0.6) is 0 Å². The summed E-state index contributed by atoms with van der Waals surface area (Å²) in [5.41, 5.74) is 1.62. The molecule has 5 nitrogen and oxygen atoms in total. The first-order valence-corrected chi connectivity index (χ1v) is 6.30. The molecule has 0 saturated carbocycles. The maximum atomic E-state index is 12.5. The zero-order chi connectivity index (χ0) is 15.4. The number of methoxy groups -OCH3 is 1. The van der Waals surface area contributed by atoms with Crippen LogP contribution in [0.1, 0.15) is 21.6 Å². The van der Waals surface area contributed by atoms with Crippen LogP contribution in [0.15, 0.2) is 48.9 Å². The minimum absolute atomic E-state index is 0.126.